The first-order valence-electron chi connectivity index (χ1n) is 9.44. The molecule has 2 heterocycles. The second kappa shape index (κ2) is 8.94. The number of carboxylic acid groups (broad SMARTS) is 1. The molecule has 0 aliphatic rings. The van der Waals surface area contributed by atoms with Crippen molar-refractivity contribution >= 4 is 68.4 Å². The number of amides is 1. The Morgan fingerprint density at radius 1 is 1.16 bits per heavy atom. The smallest absolute Gasteiger partial charge is 0.322 e. The molecule has 0 fully saturated rings. The number of carbonyl (C=O) groups is 2. The lowest BCUT2D eigenvalue weighted by Crippen LogP contribution is -2.15. The predicted molar refractivity (Wildman–Crippen MR) is 123 cm³/mol. The van der Waals surface area contributed by atoms with Gasteiger partial charge < -0.3 is 24.9 Å². The fourth-order valence-corrected chi connectivity index (χ4v) is 3.87. The van der Waals surface area contributed by atoms with Crippen molar-refractivity contribution in [3.05, 3.63) is 58.3 Å². The summed E-state index contributed by atoms with van der Waals surface area (Å²) in [5.74, 6) is -0.795. The van der Waals surface area contributed by atoms with Gasteiger partial charge >= 0.3 is 5.97 Å². The van der Waals surface area contributed by atoms with Crippen LogP contribution in [-0.4, -0.2) is 35.6 Å². The molecule has 0 unspecified atom stereocenters. The molecule has 3 N–H and O–H groups in total. The van der Waals surface area contributed by atoms with Crippen molar-refractivity contribution in [1.29, 1.82) is 0 Å². The highest BCUT2D eigenvalue weighted by Crippen LogP contribution is 2.38. The number of anilines is 2. The Bertz CT molecular complexity index is 1330. The number of nitrogens with zero attached hydrogens (tertiary/aromatic N) is 1. The number of halogens is 2. The zero-order chi connectivity index (χ0) is 22.8. The van der Waals surface area contributed by atoms with Gasteiger partial charge in [0.15, 0.2) is 11.3 Å². The maximum Gasteiger partial charge on any atom is 0.322 e. The molecule has 164 valence electrons. The van der Waals surface area contributed by atoms with Gasteiger partial charge in [0.25, 0.3) is 0 Å². The molecule has 4 aromatic rings. The van der Waals surface area contributed by atoms with Gasteiger partial charge in [-0.2, -0.15) is 0 Å². The third-order valence-corrected chi connectivity index (χ3v) is 5.37. The number of carbonyl (C=O) groups excluding carboxylic acids is 1. The van der Waals surface area contributed by atoms with E-state index in [1.165, 1.54) is 19.5 Å². The molecular formula is C22H17Cl2N3O5. The van der Waals surface area contributed by atoms with Gasteiger partial charge in [-0.3, -0.25) is 14.6 Å². The van der Waals surface area contributed by atoms with E-state index in [2.05, 4.69) is 15.6 Å². The van der Waals surface area contributed by atoms with Crippen molar-refractivity contribution in [2.24, 2.45) is 0 Å². The average Bonchev–Trinajstić information content (AvgIpc) is 3.14. The van der Waals surface area contributed by atoms with E-state index in [9.17, 15) is 9.59 Å². The molecule has 0 spiro atoms. The van der Waals surface area contributed by atoms with Crippen molar-refractivity contribution in [3.63, 3.8) is 0 Å². The number of nitrogens with one attached hydrogen (secondary N) is 2. The third kappa shape index (κ3) is 4.28. The quantitative estimate of drug-likeness (QED) is 0.346. The standard InChI is InChI=1S/C22H17Cl2N3O5/c1-31-17-4-2-11(6-18(28)27-21-14(23)8-25-9-15(21)24)20-13-7-12(26-10-19(29)30)3-5-16(13)32-22(17)20/h2-5,7-9,26H,6,10H2,1H3,(H,29,30)(H,25,27,28). The van der Waals surface area contributed by atoms with E-state index in [1.54, 1.807) is 30.3 Å². The van der Waals surface area contributed by atoms with Crippen LogP contribution in [0.1, 0.15) is 5.56 Å². The van der Waals surface area contributed by atoms with Crippen LogP contribution in [0.5, 0.6) is 5.75 Å². The fourth-order valence-electron chi connectivity index (χ4n) is 3.41. The van der Waals surface area contributed by atoms with Crippen molar-refractivity contribution in [2.45, 2.75) is 6.42 Å². The molecule has 10 heteroatoms. The van der Waals surface area contributed by atoms with Gasteiger partial charge in [-0.15, -0.1) is 0 Å². The number of hydrogen-bond acceptors (Lipinski definition) is 6. The van der Waals surface area contributed by atoms with Crippen LogP contribution in [0.4, 0.5) is 11.4 Å². The summed E-state index contributed by atoms with van der Waals surface area (Å²) in [7, 11) is 1.53. The largest absolute Gasteiger partial charge is 0.493 e. The van der Waals surface area contributed by atoms with Crippen molar-refractivity contribution in [1.82, 2.24) is 4.98 Å². The molecule has 0 saturated heterocycles. The molecule has 0 bridgehead atoms. The number of carboxylic acids is 1. The van der Waals surface area contributed by atoms with Crippen LogP contribution in [0.3, 0.4) is 0 Å². The van der Waals surface area contributed by atoms with Gasteiger partial charge in [-0.1, -0.05) is 29.3 Å². The maximum atomic E-state index is 12.8. The van der Waals surface area contributed by atoms with Crippen LogP contribution < -0.4 is 15.4 Å². The van der Waals surface area contributed by atoms with Crippen LogP contribution in [0.15, 0.2) is 47.1 Å². The van der Waals surface area contributed by atoms with Gasteiger partial charge in [-0.05, 0) is 29.8 Å². The Kier molecular flexibility index (Phi) is 6.07. The molecule has 1 amide bonds. The van der Waals surface area contributed by atoms with Crippen LogP contribution >= 0.6 is 23.2 Å². The highest BCUT2D eigenvalue weighted by molar-refractivity contribution is 6.39. The normalized spacial score (nSPS) is 11.0. The summed E-state index contributed by atoms with van der Waals surface area (Å²) in [5.41, 5.74) is 2.65. The Morgan fingerprint density at radius 2 is 1.91 bits per heavy atom. The van der Waals surface area contributed by atoms with E-state index >= 15 is 0 Å². The highest BCUT2D eigenvalue weighted by atomic mass is 35.5. The molecule has 0 saturated carbocycles. The maximum absolute atomic E-state index is 12.8. The number of methoxy groups -OCH3 is 1. The highest BCUT2D eigenvalue weighted by Gasteiger charge is 2.19. The first kappa shape index (κ1) is 21.7. The SMILES string of the molecule is COc1ccc(CC(=O)Nc2c(Cl)cncc2Cl)c2c1oc1ccc(NCC(=O)O)cc12. The zero-order valence-corrected chi connectivity index (χ0v) is 18.3. The summed E-state index contributed by atoms with van der Waals surface area (Å²) >= 11 is 12.2. The molecule has 0 aliphatic carbocycles. The first-order valence-corrected chi connectivity index (χ1v) is 10.2. The average molecular weight is 474 g/mol. The number of hydrogen-bond donors (Lipinski definition) is 3. The van der Waals surface area contributed by atoms with E-state index < -0.39 is 5.97 Å². The summed E-state index contributed by atoms with van der Waals surface area (Å²) in [4.78, 5) is 27.6. The number of furan rings is 1. The molecule has 0 aliphatic heterocycles. The van der Waals surface area contributed by atoms with Crippen LogP contribution in [0.2, 0.25) is 10.0 Å². The van der Waals surface area contributed by atoms with E-state index in [1.807, 2.05) is 0 Å². The minimum Gasteiger partial charge on any atom is -0.493 e. The third-order valence-electron chi connectivity index (χ3n) is 4.80. The lowest BCUT2D eigenvalue weighted by molar-refractivity contribution is -0.135. The van der Waals surface area contributed by atoms with E-state index in [0.717, 1.165) is 5.39 Å². The minimum absolute atomic E-state index is 0.0108. The molecule has 2 aromatic carbocycles. The summed E-state index contributed by atoms with van der Waals surface area (Å²) in [6.45, 7) is -0.229. The molecule has 0 atom stereocenters. The minimum atomic E-state index is -0.977. The van der Waals surface area contributed by atoms with Gasteiger partial charge in [0.2, 0.25) is 5.91 Å². The van der Waals surface area contributed by atoms with Crippen LogP contribution in [-0.2, 0) is 16.0 Å². The Labute approximate surface area is 192 Å². The molecule has 32 heavy (non-hydrogen) atoms. The summed E-state index contributed by atoms with van der Waals surface area (Å²) < 4.78 is 11.4. The van der Waals surface area contributed by atoms with Crippen molar-refractivity contribution < 1.29 is 23.8 Å². The Hall–Kier alpha value is -3.49. The lowest BCUT2D eigenvalue weighted by atomic mass is 10.0. The monoisotopic (exact) mass is 473 g/mol. The van der Waals surface area contributed by atoms with Gasteiger partial charge in [0, 0.05) is 28.9 Å². The van der Waals surface area contributed by atoms with Gasteiger partial charge in [0.1, 0.15) is 12.1 Å². The van der Waals surface area contributed by atoms with Gasteiger partial charge in [-0.25, -0.2) is 0 Å². The molecule has 8 nitrogen and oxygen atoms in total. The molecular weight excluding hydrogens is 457 g/mol. The molecule has 4 rings (SSSR count). The predicted octanol–water partition coefficient (Wildman–Crippen LogP) is 4.97. The summed E-state index contributed by atoms with van der Waals surface area (Å²) in [6, 6.07) is 8.74. The number of rotatable bonds is 7. The number of benzene rings is 2. The van der Waals surface area contributed by atoms with E-state index in [0.29, 0.717) is 33.6 Å². The first-order chi connectivity index (χ1) is 15.4. The molecule has 2 aromatic heterocycles. The summed E-state index contributed by atoms with van der Waals surface area (Å²) in [5, 5.41) is 16.4. The van der Waals surface area contributed by atoms with Crippen LogP contribution in [0, 0.1) is 0 Å². The second-order valence-corrected chi connectivity index (χ2v) is 7.71. The number of fused-ring (bicyclic) bond motifs is 3. The second-order valence-electron chi connectivity index (χ2n) is 6.89. The number of aliphatic carboxylic acids is 1. The lowest BCUT2D eigenvalue weighted by Gasteiger charge is -2.10. The summed E-state index contributed by atoms with van der Waals surface area (Å²) in [6.07, 6.45) is 2.80. The Balaban J connectivity index is 1.74. The van der Waals surface area contributed by atoms with Crippen LogP contribution in [0.25, 0.3) is 21.9 Å². The number of aromatic nitrogens is 1. The van der Waals surface area contributed by atoms with E-state index in [4.69, 9.17) is 37.5 Å². The topological polar surface area (TPSA) is 114 Å². The van der Waals surface area contributed by atoms with Crippen molar-refractivity contribution in [3.8, 4) is 5.75 Å². The fraction of sp³-hybridized carbons (Fsp3) is 0.136. The molecule has 0 radical (unpaired) electrons. The van der Waals surface area contributed by atoms with Crippen molar-refractivity contribution in [2.75, 3.05) is 24.3 Å². The number of pyridine rings is 1. The van der Waals surface area contributed by atoms with E-state index in [-0.39, 0.29) is 34.6 Å². The number of ether oxygens (including phenoxy) is 1. The zero-order valence-electron chi connectivity index (χ0n) is 16.7. The Morgan fingerprint density at radius 3 is 2.59 bits per heavy atom. The van der Waals surface area contributed by atoms with Gasteiger partial charge in [0.05, 0.1) is 29.3 Å².